The van der Waals surface area contributed by atoms with E-state index in [1.165, 1.54) is 16.4 Å². The molecule has 280 valence electrons. The smallest absolute Gasteiger partial charge is 0.360 e. The molecule has 4 aromatic rings. The number of rotatable bonds is 6. The van der Waals surface area contributed by atoms with Crippen molar-refractivity contribution in [1.82, 2.24) is 29.5 Å². The molecule has 4 heterocycles. The van der Waals surface area contributed by atoms with Gasteiger partial charge in [-0.25, -0.2) is 4.39 Å². The fourth-order valence-corrected chi connectivity index (χ4v) is 4.48. The Hall–Kier alpha value is -6.23. The summed E-state index contributed by atoms with van der Waals surface area (Å²) < 4.78 is 119. The van der Waals surface area contributed by atoms with Crippen molar-refractivity contribution in [1.29, 1.82) is 0 Å². The molecular weight excluding hydrogens is 745 g/mol. The third-order valence-electron chi connectivity index (χ3n) is 7.44. The zero-order chi connectivity index (χ0) is 40.1. The van der Waals surface area contributed by atoms with E-state index in [4.69, 9.17) is 25.8 Å². The van der Waals surface area contributed by atoms with E-state index in [1.807, 2.05) is 0 Å². The van der Waals surface area contributed by atoms with Crippen LogP contribution in [0.1, 0.15) is 43.4 Å². The molecule has 53 heavy (non-hydrogen) atoms. The number of nitrogens with zero attached hydrogens (tertiary/aromatic N) is 9. The first kappa shape index (κ1) is 41.2. The lowest BCUT2D eigenvalue weighted by molar-refractivity contribution is -0.137. The Morgan fingerprint density at radius 3 is 1.85 bits per heavy atom. The average molecular weight is 771 g/mol. The summed E-state index contributed by atoms with van der Waals surface area (Å²) in [7, 11) is -1.81. The zero-order valence-electron chi connectivity index (χ0n) is 27.7. The third kappa shape index (κ3) is 9.76. The maximum absolute atomic E-state index is 13.2. The highest BCUT2D eigenvalue weighted by molar-refractivity contribution is 7.59. The number of hydrogen-bond donors (Lipinski definition) is 1. The molecule has 5 rings (SSSR count). The molecule has 0 spiro atoms. The first-order chi connectivity index (χ1) is 24.5. The third-order valence-corrected chi connectivity index (χ3v) is 7.44. The van der Waals surface area contributed by atoms with Crippen molar-refractivity contribution in [2.24, 2.45) is 0 Å². The number of likely N-dealkylation sites (N-methyl/N-ethyl adjacent to an activating group) is 1. The molecule has 0 saturated heterocycles. The second-order valence-electron chi connectivity index (χ2n) is 11.6. The van der Waals surface area contributed by atoms with Crippen LogP contribution in [0.5, 0.6) is 0 Å². The van der Waals surface area contributed by atoms with E-state index in [1.54, 1.807) is 33.2 Å². The predicted octanol–water partition coefficient (Wildman–Crippen LogP) is 5.66. The van der Waals surface area contributed by atoms with E-state index in [0.29, 0.717) is 25.0 Å². The SMILES string of the molecule is O=S(=O)=O.[C-]#[N+]c1ncc(N(C)C(=O)C2(n3cc(F)cn3)CC2)cc1C(F)(F)F.[C-]#[N+]c1ncc(NC(=O)C(C)(C)n2cc(C)cn2)cc1C(F)(F)F. The van der Waals surface area contributed by atoms with Crippen LogP contribution in [0.3, 0.4) is 0 Å². The summed E-state index contributed by atoms with van der Waals surface area (Å²) in [6.45, 7) is 18.5. The second-order valence-corrected chi connectivity index (χ2v) is 12.0. The summed E-state index contributed by atoms with van der Waals surface area (Å²) in [4.78, 5) is 38.6. The number of anilines is 2. The number of amides is 2. The lowest BCUT2D eigenvalue weighted by atomic mass is 10.0. The number of halogens is 7. The minimum Gasteiger partial charge on any atom is -0.360 e. The Morgan fingerprint density at radius 1 is 0.887 bits per heavy atom. The standard InChI is InChI=1S/C15H11F4N5O.C15H14F3N5O.O3S/c1-20-12-11(15(17,18)19)5-10(7-21-12)23(2)13(25)14(3-4-14)24-8-9(16)6-22-24;1-9-6-21-23(8-9)14(2,3)13(24)22-10-5-11(15(16,17)18)12(19-4)20-7-10;1-4(2)3/h5-8H,3-4H2,2H3;5-8H,1-3H3,(H,22,24);. The summed E-state index contributed by atoms with van der Waals surface area (Å²) in [5.41, 5.74) is -4.03. The quantitative estimate of drug-likeness (QED) is 0.192. The predicted molar refractivity (Wildman–Crippen MR) is 168 cm³/mol. The van der Waals surface area contributed by atoms with Crippen molar-refractivity contribution >= 4 is 45.4 Å². The van der Waals surface area contributed by atoms with Crippen LogP contribution in [-0.2, 0) is 43.6 Å². The van der Waals surface area contributed by atoms with Crippen LogP contribution >= 0.6 is 0 Å². The molecule has 1 aliphatic carbocycles. The Kier molecular flexibility index (Phi) is 12.1. The summed E-state index contributed by atoms with van der Waals surface area (Å²) in [6, 6.07) is 1.40. The lowest BCUT2D eigenvalue weighted by Crippen LogP contribution is -2.40. The van der Waals surface area contributed by atoms with Crippen molar-refractivity contribution in [3.8, 4) is 0 Å². The van der Waals surface area contributed by atoms with Gasteiger partial charge in [-0.2, -0.15) is 36.5 Å². The number of aryl methyl sites for hydroxylation is 1. The summed E-state index contributed by atoms with van der Waals surface area (Å²) in [5, 5.41) is 10.2. The van der Waals surface area contributed by atoms with Gasteiger partial charge in [0.15, 0.2) is 5.82 Å². The van der Waals surface area contributed by atoms with Gasteiger partial charge in [-0.15, -0.1) is 22.6 Å². The molecule has 15 nitrogen and oxygen atoms in total. The Balaban J connectivity index is 0.000000260. The molecule has 2 amide bonds. The van der Waals surface area contributed by atoms with E-state index >= 15 is 0 Å². The number of aromatic nitrogens is 6. The fourth-order valence-electron chi connectivity index (χ4n) is 4.48. The van der Waals surface area contributed by atoms with Crippen molar-refractivity contribution < 1.29 is 52.9 Å². The first-order valence-corrected chi connectivity index (χ1v) is 15.5. The van der Waals surface area contributed by atoms with Crippen LogP contribution in [0.4, 0.5) is 53.7 Å². The Labute approximate surface area is 296 Å². The van der Waals surface area contributed by atoms with Crippen LogP contribution in [0.2, 0.25) is 0 Å². The van der Waals surface area contributed by atoms with E-state index in [9.17, 15) is 40.3 Å². The van der Waals surface area contributed by atoms with Gasteiger partial charge in [0.2, 0.25) is 0 Å². The fraction of sp³-hybridized carbons (Fsp3) is 0.333. The number of hydrogen-bond acceptors (Lipinski definition) is 9. The average Bonchev–Trinajstić information content (AvgIpc) is 3.56. The van der Waals surface area contributed by atoms with Crippen molar-refractivity contribution in [2.45, 2.75) is 57.0 Å². The number of pyridine rings is 2. The molecular formula is C30H25F7N10O5S. The van der Waals surface area contributed by atoms with E-state index < -0.39 is 74.4 Å². The van der Waals surface area contributed by atoms with Gasteiger partial charge in [-0.3, -0.25) is 19.0 Å². The normalized spacial score (nSPS) is 13.2. The van der Waals surface area contributed by atoms with Gasteiger partial charge in [0, 0.05) is 13.2 Å². The maximum atomic E-state index is 13.2. The number of nitrogens with one attached hydrogen (secondary N) is 1. The molecule has 0 aliphatic heterocycles. The molecule has 0 radical (unpaired) electrons. The number of carbonyl (C=O) groups excluding carboxylic acids is 2. The molecule has 0 aromatic carbocycles. The Morgan fingerprint density at radius 2 is 1.42 bits per heavy atom. The van der Waals surface area contributed by atoms with Gasteiger partial charge in [-0.05, 0) is 51.3 Å². The van der Waals surface area contributed by atoms with Crippen molar-refractivity contribution in [2.75, 3.05) is 17.3 Å². The van der Waals surface area contributed by atoms with Crippen LogP contribution < -0.4 is 10.2 Å². The highest BCUT2D eigenvalue weighted by Crippen LogP contribution is 2.46. The minimum absolute atomic E-state index is 0.108. The molecule has 1 N–H and O–H groups in total. The van der Waals surface area contributed by atoms with Crippen molar-refractivity contribution in [3.63, 3.8) is 0 Å². The molecule has 0 bridgehead atoms. The van der Waals surface area contributed by atoms with Crippen LogP contribution in [0, 0.1) is 25.9 Å². The van der Waals surface area contributed by atoms with E-state index in [2.05, 4.69) is 35.2 Å². The highest BCUT2D eigenvalue weighted by Gasteiger charge is 2.54. The van der Waals surface area contributed by atoms with Gasteiger partial charge in [-0.1, -0.05) is 13.1 Å². The summed E-state index contributed by atoms with van der Waals surface area (Å²) in [5.74, 6) is -3.24. The highest BCUT2D eigenvalue weighted by atomic mass is 32.2. The van der Waals surface area contributed by atoms with Gasteiger partial charge in [0.25, 0.3) is 23.5 Å². The number of alkyl halides is 6. The molecule has 1 aliphatic rings. The summed E-state index contributed by atoms with van der Waals surface area (Å²) >= 11 is 0. The van der Waals surface area contributed by atoms with Gasteiger partial charge >= 0.3 is 23.0 Å². The maximum Gasteiger partial charge on any atom is 0.425 e. The van der Waals surface area contributed by atoms with Crippen LogP contribution in [0.25, 0.3) is 9.69 Å². The molecule has 1 fully saturated rings. The lowest BCUT2D eigenvalue weighted by Gasteiger charge is -2.24. The van der Waals surface area contributed by atoms with E-state index in [0.717, 1.165) is 35.3 Å². The second kappa shape index (κ2) is 15.6. The van der Waals surface area contributed by atoms with Crippen LogP contribution in [0.15, 0.2) is 49.3 Å². The molecule has 1 saturated carbocycles. The van der Waals surface area contributed by atoms with E-state index in [-0.39, 0.29) is 11.4 Å². The number of carbonyl (C=O) groups is 2. The van der Waals surface area contributed by atoms with Crippen LogP contribution in [-0.4, -0.2) is 61.0 Å². The van der Waals surface area contributed by atoms with Gasteiger partial charge in [0.1, 0.15) is 23.5 Å². The zero-order valence-corrected chi connectivity index (χ0v) is 28.5. The molecule has 4 aromatic heterocycles. The van der Waals surface area contributed by atoms with Crippen molar-refractivity contribution in [3.05, 3.63) is 94.7 Å². The molecule has 23 heteroatoms. The monoisotopic (exact) mass is 770 g/mol. The molecule has 0 unspecified atom stereocenters. The van der Waals surface area contributed by atoms with Gasteiger partial charge < -0.3 is 19.9 Å². The Bertz CT molecular complexity index is 2210. The molecule has 0 atom stereocenters. The minimum atomic E-state index is -4.77. The largest absolute Gasteiger partial charge is 0.425 e. The first-order valence-electron chi connectivity index (χ1n) is 14.5. The topological polar surface area (TPSA) is 171 Å². The summed E-state index contributed by atoms with van der Waals surface area (Å²) in [6.07, 6.45) is -1.40. The van der Waals surface area contributed by atoms with Gasteiger partial charge in [0.05, 0.1) is 41.1 Å².